The Morgan fingerprint density at radius 2 is 2.00 bits per heavy atom. The number of hydrogen-bond donors (Lipinski definition) is 3. The van der Waals surface area contributed by atoms with Crippen molar-refractivity contribution in [1.29, 1.82) is 0 Å². The van der Waals surface area contributed by atoms with E-state index >= 15 is 0 Å². The van der Waals surface area contributed by atoms with Gasteiger partial charge in [0, 0.05) is 31.9 Å². The maximum Gasteiger partial charge on any atom is 0.488 e. The molecule has 0 bridgehead atoms. The monoisotopic (exact) mass is 278 g/mol. The van der Waals surface area contributed by atoms with Crippen LogP contribution in [-0.4, -0.2) is 56.4 Å². The molecule has 20 heavy (non-hydrogen) atoms. The van der Waals surface area contributed by atoms with E-state index in [2.05, 4.69) is 10.2 Å². The van der Waals surface area contributed by atoms with Gasteiger partial charge in [0.15, 0.2) is 0 Å². The Hall–Kier alpha value is -1.57. The van der Waals surface area contributed by atoms with E-state index in [-0.39, 0.29) is 0 Å². The number of carbonyl (C=O) groups excluding carboxylic acids is 1. The predicted molar refractivity (Wildman–Crippen MR) is 77.4 cm³/mol. The molecule has 6 nitrogen and oxygen atoms in total. The molecule has 1 aliphatic heterocycles. The molecule has 0 saturated carbocycles. The van der Waals surface area contributed by atoms with E-state index in [1.165, 1.54) is 13.2 Å². The zero-order valence-corrected chi connectivity index (χ0v) is 11.7. The van der Waals surface area contributed by atoms with Gasteiger partial charge in [-0.2, -0.15) is 0 Å². The standard InChI is InChI=1S/C13H19BN2O4/c1-9-11(13(17)20-2)7-10(14(18)19)8-12(9)16-5-3-15-4-6-16/h7-8,15,18-19H,3-6H2,1-2H3. The topological polar surface area (TPSA) is 82.0 Å². The SMILES string of the molecule is COC(=O)c1cc(B(O)O)cc(N2CCNCC2)c1C. The van der Waals surface area contributed by atoms with Crippen LogP contribution in [0.3, 0.4) is 0 Å². The molecule has 1 aromatic carbocycles. The van der Waals surface area contributed by atoms with E-state index in [0.29, 0.717) is 11.0 Å². The Bertz CT molecular complexity index is 501. The van der Waals surface area contributed by atoms with Crippen LogP contribution in [0.15, 0.2) is 12.1 Å². The number of methoxy groups -OCH3 is 1. The molecule has 1 fully saturated rings. The first-order chi connectivity index (χ1) is 9.54. The molecule has 0 spiro atoms. The maximum absolute atomic E-state index is 11.8. The molecule has 2 rings (SSSR count). The highest BCUT2D eigenvalue weighted by Crippen LogP contribution is 2.23. The van der Waals surface area contributed by atoms with Crippen LogP contribution in [0.2, 0.25) is 0 Å². The van der Waals surface area contributed by atoms with Gasteiger partial charge in [0.05, 0.1) is 12.7 Å². The lowest BCUT2D eigenvalue weighted by Gasteiger charge is -2.31. The molecule has 0 unspecified atom stereocenters. The fraction of sp³-hybridized carbons (Fsp3) is 0.462. The summed E-state index contributed by atoms with van der Waals surface area (Å²) < 4.78 is 4.76. The van der Waals surface area contributed by atoms with Gasteiger partial charge in [-0.15, -0.1) is 0 Å². The number of ether oxygens (including phenoxy) is 1. The van der Waals surface area contributed by atoms with E-state index in [0.717, 1.165) is 37.4 Å². The second-order valence-corrected chi connectivity index (χ2v) is 4.81. The third kappa shape index (κ3) is 2.95. The van der Waals surface area contributed by atoms with Crippen molar-refractivity contribution in [2.24, 2.45) is 0 Å². The van der Waals surface area contributed by atoms with Crippen molar-refractivity contribution < 1.29 is 19.6 Å². The highest BCUT2D eigenvalue weighted by molar-refractivity contribution is 6.58. The number of nitrogens with zero attached hydrogens (tertiary/aromatic N) is 1. The Morgan fingerprint density at radius 1 is 1.35 bits per heavy atom. The van der Waals surface area contributed by atoms with Crippen molar-refractivity contribution in [1.82, 2.24) is 5.32 Å². The highest BCUT2D eigenvalue weighted by Gasteiger charge is 2.22. The Morgan fingerprint density at radius 3 is 2.55 bits per heavy atom. The van der Waals surface area contributed by atoms with E-state index in [4.69, 9.17) is 4.74 Å². The molecule has 0 aliphatic carbocycles. The molecule has 1 saturated heterocycles. The van der Waals surface area contributed by atoms with Crippen molar-refractivity contribution in [2.45, 2.75) is 6.92 Å². The number of nitrogens with one attached hydrogen (secondary N) is 1. The summed E-state index contributed by atoms with van der Waals surface area (Å²) in [7, 11) is -0.297. The van der Waals surface area contributed by atoms with Gasteiger partial charge < -0.3 is 25.0 Å². The van der Waals surface area contributed by atoms with E-state index in [1.807, 2.05) is 6.92 Å². The van der Waals surface area contributed by atoms with Crippen molar-refractivity contribution in [3.05, 3.63) is 23.3 Å². The Balaban J connectivity index is 2.48. The summed E-state index contributed by atoms with van der Waals surface area (Å²) in [6.45, 7) is 5.19. The fourth-order valence-corrected chi connectivity index (χ4v) is 2.43. The molecule has 0 atom stereocenters. The van der Waals surface area contributed by atoms with Crippen molar-refractivity contribution >= 4 is 24.2 Å². The number of esters is 1. The Kier molecular flexibility index (Phi) is 4.64. The molecule has 1 heterocycles. The van der Waals surface area contributed by atoms with Gasteiger partial charge >= 0.3 is 13.1 Å². The summed E-state index contributed by atoms with van der Waals surface area (Å²) in [6.07, 6.45) is 0. The molecule has 3 N–H and O–H groups in total. The normalized spacial score (nSPS) is 15.1. The number of hydrogen-bond acceptors (Lipinski definition) is 6. The lowest BCUT2D eigenvalue weighted by molar-refractivity contribution is 0.0600. The molecule has 0 amide bonds. The summed E-state index contributed by atoms with van der Waals surface area (Å²) in [5, 5.41) is 22.0. The van der Waals surface area contributed by atoms with Crippen molar-refractivity contribution in [3.63, 3.8) is 0 Å². The third-order valence-electron chi connectivity index (χ3n) is 3.56. The number of benzene rings is 1. The van der Waals surface area contributed by atoms with Gasteiger partial charge in [-0.1, -0.05) is 0 Å². The zero-order chi connectivity index (χ0) is 14.7. The fourth-order valence-electron chi connectivity index (χ4n) is 2.43. The van der Waals surface area contributed by atoms with Crippen LogP contribution in [0.4, 0.5) is 5.69 Å². The first kappa shape index (κ1) is 14.8. The molecule has 0 aromatic heterocycles. The third-order valence-corrected chi connectivity index (χ3v) is 3.56. The number of carbonyl (C=O) groups is 1. The summed E-state index contributed by atoms with van der Waals surface area (Å²) in [5.41, 5.74) is 2.30. The van der Waals surface area contributed by atoms with E-state index in [9.17, 15) is 14.8 Å². The largest absolute Gasteiger partial charge is 0.488 e. The molecular formula is C13H19BN2O4. The average molecular weight is 278 g/mol. The molecule has 7 heteroatoms. The predicted octanol–water partition coefficient (Wildman–Crippen LogP) is -1.13. The van der Waals surface area contributed by atoms with Crippen molar-refractivity contribution in [2.75, 3.05) is 38.2 Å². The molecule has 108 valence electrons. The molecule has 1 aromatic rings. The first-order valence-electron chi connectivity index (χ1n) is 6.59. The number of piperazine rings is 1. The second-order valence-electron chi connectivity index (χ2n) is 4.81. The smallest absolute Gasteiger partial charge is 0.465 e. The van der Waals surface area contributed by atoms with Crippen LogP contribution in [0.25, 0.3) is 0 Å². The van der Waals surface area contributed by atoms with Crippen LogP contribution in [0.5, 0.6) is 0 Å². The van der Waals surface area contributed by atoms with Gasteiger partial charge in [-0.3, -0.25) is 0 Å². The average Bonchev–Trinajstić information content (AvgIpc) is 2.47. The van der Waals surface area contributed by atoms with Crippen LogP contribution in [-0.2, 0) is 4.74 Å². The maximum atomic E-state index is 11.8. The van der Waals surface area contributed by atoms with Gasteiger partial charge in [-0.05, 0) is 30.1 Å². The minimum absolute atomic E-state index is 0.296. The van der Waals surface area contributed by atoms with Crippen LogP contribution >= 0.6 is 0 Å². The lowest BCUT2D eigenvalue weighted by atomic mass is 9.78. The summed E-state index contributed by atoms with van der Waals surface area (Å²) >= 11 is 0. The van der Waals surface area contributed by atoms with Crippen LogP contribution in [0, 0.1) is 6.92 Å². The quantitative estimate of drug-likeness (QED) is 0.479. The minimum atomic E-state index is -1.61. The molecule has 0 radical (unpaired) electrons. The number of rotatable bonds is 3. The number of anilines is 1. The van der Waals surface area contributed by atoms with Gasteiger partial charge in [0.25, 0.3) is 0 Å². The molecule has 1 aliphatic rings. The minimum Gasteiger partial charge on any atom is -0.465 e. The Labute approximate surface area is 118 Å². The van der Waals surface area contributed by atoms with E-state index < -0.39 is 13.1 Å². The molecular weight excluding hydrogens is 259 g/mol. The summed E-state index contributed by atoms with van der Waals surface area (Å²) in [4.78, 5) is 14.0. The van der Waals surface area contributed by atoms with Gasteiger partial charge in [0.1, 0.15) is 0 Å². The van der Waals surface area contributed by atoms with Crippen LogP contribution in [0.1, 0.15) is 15.9 Å². The highest BCUT2D eigenvalue weighted by atomic mass is 16.5. The van der Waals surface area contributed by atoms with Gasteiger partial charge in [0.2, 0.25) is 0 Å². The van der Waals surface area contributed by atoms with Crippen LogP contribution < -0.4 is 15.7 Å². The first-order valence-corrected chi connectivity index (χ1v) is 6.59. The summed E-state index contributed by atoms with van der Waals surface area (Å²) in [5.74, 6) is -0.471. The van der Waals surface area contributed by atoms with E-state index in [1.54, 1.807) is 6.07 Å². The van der Waals surface area contributed by atoms with Crippen molar-refractivity contribution in [3.8, 4) is 0 Å². The summed E-state index contributed by atoms with van der Waals surface area (Å²) in [6, 6.07) is 3.19. The lowest BCUT2D eigenvalue weighted by Crippen LogP contribution is -2.44. The zero-order valence-electron chi connectivity index (χ0n) is 11.7. The second kappa shape index (κ2) is 6.26. The van der Waals surface area contributed by atoms with Gasteiger partial charge in [-0.25, -0.2) is 4.79 Å².